The molecule has 0 amide bonds. The van der Waals surface area contributed by atoms with Gasteiger partial charge in [-0.3, -0.25) is 4.79 Å². The monoisotopic (exact) mass is 183 g/mol. The van der Waals surface area contributed by atoms with Crippen molar-refractivity contribution in [2.45, 2.75) is 25.1 Å². The van der Waals surface area contributed by atoms with Gasteiger partial charge in [0.2, 0.25) is 0 Å². The summed E-state index contributed by atoms with van der Waals surface area (Å²) in [6.45, 7) is 0.596. The number of aliphatic carboxylic acids is 1. The molecule has 2 unspecified atom stereocenters. The molecule has 0 spiro atoms. The SMILES string of the molecule is Cl.O=C(O)CC1NCCC1F. The van der Waals surface area contributed by atoms with Gasteiger partial charge < -0.3 is 10.4 Å². The van der Waals surface area contributed by atoms with E-state index in [9.17, 15) is 9.18 Å². The molecule has 1 aliphatic heterocycles. The van der Waals surface area contributed by atoms with Crippen LogP contribution in [0.1, 0.15) is 12.8 Å². The highest BCUT2D eigenvalue weighted by molar-refractivity contribution is 5.85. The number of hydrogen-bond donors (Lipinski definition) is 2. The lowest BCUT2D eigenvalue weighted by atomic mass is 10.1. The fourth-order valence-corrected chi connectivity index (χ4v) is 1.12. The number of carboxylic acids is 1. The Hall–Kier alpha value is -0.350. The van der Waals surface area contributed by atoms with Gasteiger partial charge in [-0.1, -0.05) is 0 Å². The van der Waals surface area contributed by atoms with Crippen LogP contribution in [0, 0.1) is 0 Å². The van der Waals surface area contributed by atoms with Crippen molar-refractivity contribution in [3.63, 3.8) is 0 Å². The van der Waals surface area contributed by atoms with E-state index in [2.05, 4.69) is 5.32 Å². The van der Waals surface area contributed by atoms with E-state index in [-0.39, 0.29) is 18.8 Å². The Morgan fingerprint density at radius 3 is 2.73 bits per heavy atom. The topological polar surface area (TPSA) is 49.3 Å². The number of alkyl halides is 1. The van der Waals surface area contributed by atoms with Gasteiger partial charge in [-0.2, -0.15) is 0 Å². The van der Waals surface area contributed by atoms with Crippen molar-refractivity contribution < 1.29 is 14.3 Å². The predicted molar refractivity (Wildman–Crippen MR) is 40.8 cm³/mol. The summed E-state index contributed by atoms with van der Waals surface area (Å²) in [5.74, 6) is -0.943. The molecule has 1 rings (SSSR count). The van der Waals surface area contributed by atoms with Crippen LogP contribution in [0.5, 0.6) is 0 Å². The van der Waals surface area contributed by atoms with E-state index >= 15 is 0 Å². The van der Waals surface area contributed by atoms with Gasteiger partial charge in [-0.15, -0.1) is 12.4 Å². The number of hydrogen-bond acceptors (Lipinski definition) is 2. The van der Waals surface area contributed by atoms with E-state index in [1.807, 2.05) is 0 Å². The zero-order chi connectivity index (χ0) is 7.56. The average molecular weight is 184 g/mol. The van der Waals surface area contributed by atoms with Crippen LogP contribution in [0.2, 0.25) is 0 Å². The van der Waals surface area contributed by atoms with Crippen LogP contribution in [0.3, 0.4) is 0 Å². The molecule has 2 atom stereocenters. The van der Waals surface area contributed by atoms with E-state index in [1.165, 1.54) is 0 Å². The van der Waals surface area contributed by atoms with E-state index in [0.29, 0.717) is 13.0 Å². The Kier molecular flexibility index (Phi) is 4.37. The van der Waals surface area contributed by atoms with Crippen LogP contribution in [0.4, 0.5) is 4.39 Å². The normalized spacial score (nSPS) is 29.5. The predicted octanol–water partition coefficient (Wildman–Crippen LogP) is 0.583. The van der Waals surface area contributed by atoms with Gasteiger partial charge in [0, 0.05) is 6.04 Å². The highest BCUT2D eigenvalue weighted by Gasteiger charge is 2.27. The molecule has 1 aliphatic rings. The molecule has 1 fully saturated rings. The molecule has 3 nitrogen and oxygen atoms in total. The third-order valence-electron chi connectivity index (χ3n) is 1.66. The van der Waals surface area contributed by atoms with Crippen molar-refractivity contribution in [3.8, 4) is 0 Å². The summed E-state index contributed by atoms with van der Waals surface area (Å²) in [6, 6.07) is -0.461. The largest absolute Gasteiger partial charge is 0.481 e. The number of halogens is 2. The van der Waals surface area contributed by atoms with E-state index in [0.717, 1.165) is 0 Å². The molecule has 0 saturated carbocycles. The summed E-state index contributed by atoms with van der Waals surface area (Å²) in [4.78, 5) is 10.1. The Labute approximate surface area is 70.4 Å². The molecule has 0 aromatic heterocycles. The quantitative estimate of drug-likeness (QED) is 0.659. The van der Waals surface area contributed by atoms with Gasteiger partial charge in [-0.05, 0) is 13.0 Å². The number of carboxylic acid groups (broad SMARTS) is 1. The Bertz CT molecular complexity index is 145. The fourth-order valence-electron chi connectivity index (χ4n) is 1.12. The molecule has 1 heterocycles. The van der Waals surface area contributed by atoms with Gasteiger partial charge >= 0.3 is 5.97 Å². The first-order valence-corrected chi connectivity index (χ1v) is 3.29. The van der Waals surface area contributed by atoms with Crippen LogP contribution in [-0.4, -0.2) is 29.8 Å². The van der Waals surface area contributed by atoms with Crippen LogP contribution < -0.4 is 5.32 Å². The summed E-state index contributed by atoms with van der Waals surface area (Å²) in [5.41, 5.74) is 0. The number of rotatable bonds is 2. The van der Waals surface area contributed by atoms with Crippen molar-refractivity contribution in [1.82, 2.24) is 5.32 Å². The van der Waals surface area contributed by atoms with E-state index < -0.39 is 18.2 Å². The fraction of sp³-hybridized carbons (Fsp3) is 0.833. The molecule has 1 saturated heterocycles. The zero-order valence-electron chi connectivity index (χ0n) is 5.92. The summed E-state index contributed by atoms with van der Waals surface area (Å²) in [5, 5.41) is 11.1. The maximum absolute atomic E-state index is 12.6. The minimum atomic E-state index is -0.976. The Morgan fingerprint density at radius 1 is 1.73 bits per heavy atom. The molecule has 0 bridgehead atoms. The van der Waals surface area contributed by atoms with Crippen LogP contribution >= 0.6 is 12.4 Å². The number of nitrogens with one attached hydrogen (secondary N) is 1. The minimum absolute atomic E-state index is 0. The minimum Gasteiger partial charge on any atom is -0.481 e. The molecule has 5 heteroatoms. The zero-order valence-corrected chi connectivity index (χ0v) is 6.73. The van der Waals surface area contributed by atoms with Gasteiger partial charge in [0.25, 0.3) is 0 Å². The third-order valence-corrected chi connectivity index (χ3v) is 1.66. The Balaban J connectivity index is 0.000001000. The smallest absolute Gasteiger partial charge is 0.305 e. The van der Waals surface area contributed by atoms with Crippen molar-refractivity contribution in [2.75, 3.05) is 6.54 Å². The van der Waals surface area contributed by atoms with Crippen molar-refractivity contribution in [3.05, 3.63) is 0 Å². The van der Waals surface area contributed by atoms with Gasteiger partial charge in [0.1, 0.15) is 6.17 Å². The highest BCUT2D eigenvalue weighted by Crippen LogP contribution is 2.13. The first-order chi connectivity index (χ1) is 4.70. The third kappa shape index (κ3) is 3.03. The molecule has 66 valence electrons. The first kappa shape index (κ1) is 10.7. The van der Waals surface area contributed by atoms with Crippen LogP contribution in [-0.2, 0) is 4.79 Å². The molecule has 0 aromatic rings. The summed E-state index contributed by atoms with van der Waals surface area (Å²) >= 11 is 0. The lowest BCUT2D eigenvalue weighted by Gasteiger charge is -2.08. The lowest BCUT2D eigenvalue weighted by Crippen LogP contribution is -2.30. The highest BCUT2D eigenvalue weighted by atomic mass is 35.5. The van der Waals surface area contributed by atoms with Gasteiger partial charge in [0.15, 0.2) is 0 Å². The van der Waals surface area contributed by atoms with Crippen LogP contribution in [0.25, 0.3) is 0 Å². The van der Waals surface area contributed by atoms with E-state index in [4.69, 9.17) is 5.11 Å². The summed E-state index contributed by atoms with van der Waals surface area (Å²) < 4.78 is 12.6. The second-order valence-corrected chi connectivity index (χ2v) is 2.46. The van der Waals surface area contributed by atoms with E-state index in [1.54, 1.807) is 0 Å². The molecule has 0 aromatic carbocycles. The number of carbonyl (C=O) groups is 1. The van der Waals surface area contributed by atoms with Crippen molar-refractivity contribution in [1.29, 1.82) is 0 Å². The van der Waals surface area contributed by atoms with Crippen molar-refractivity contribution in [2.24, 2.45) is 0 Å². The first-order valence-electron chi connectivity index (χ1n) is 3.29. The summed E-state index contributed by atoms with van der Waals surface area (Å²) in [7, 11) is 0. The maximum Gasteiger partial charge on any atom is 0.305 e. The second kappa shape index (κ2) is 4.51. The molecular weight excluding hydrogens is 173 g/mol. The standard InChI is InChI=1S/C6H10FNO2.ClH/c7-4-1-2-8-5(4)3-6(9)10;/h4-5,8H,1-3H2,(H,9,10);1H. The van der Waals surface area contributed by atoms with Gasteiger partial charge in [-0.25, -0.2) is 4.39 Å². The summed E-state index contributed by atoms with van der Waals surface area (Å²) in [6.07, 6.45) is -0.643. The molecule has 0 radical (unpaired) electrons. The molecular formula is C6H11ClFNO2. The average Bonchev–Trinajstić information content (AvgIpc) is 2.15. The van der Waals surface area contributed by atoms with Gasteiger partial charge in [0.05, 0.1) is 6.42 Å². The second-order valence-electron chi connectivity index (χ2n) is 2.46. The molecule has 11 heavy (non-hydrogen) atoms. The van der Waals surface area contributed by atoms with Crippen molar-refractivity contribution >= 4 is 18.4 Å². The van der Waals surface area contributed by atoms with Crippen LogP contribution in [0.15, 0.2) is 0 Å². The molecule has 2 N–H and O–H groups in total. The Morgan fingerprint density at radius 2 is 2.36 bits per heavy atom. The molecule has 0 aliphatic carbocycles. The lowest BCUT2D eigenvalue weighted by molar-refractivity contribution is -0.137. The maximum atomic E-state index is 12.6.